The summed E-state index contributed by atoms with van der Waals surface area (Å²) in [7, 11) is 0. The molecule has 0 spiro atoms. The van der Waals surface area contributed by atoms with Crippen LogP contribution < -0.4 is 16.6 Å². The van der Waals surface area contributed by atoms with Crippen molar-refractivity contribution >= 4 is 11.6 Å². The van der Waals surface area contributed by atoms with Crippen LogP contribution in [0.3, 0.4) is 0 Å². The van der Waals surface area contributed by atoms with Crippen LogP contribution in [0.25, 0.3) is 0 Å². The van der Waals surface area contributed by atoms with Gasteiger partial charge >= 0.3 is 0 Å². The highest BCUT2D eigenvalue weighted by Gasteiger charge is 2.05. The van der Waals surface area contributed by atoms with E-state index in [2.05, 4.69) is 20.9 Å². The van der Waals surface area contributed by atoms with E-state index < -0.39 is 0 Å². The molecule has 0 aliphatic rings. The standard InChI is InChI=1S/C11H13N5O2/c12-16-9-3-1-8(2-4-9)11(17)13-6-5-10-14-7-15-18-10/h1-4,7,16H,5-6,12H2,(H,13,17). The van der Waals surface area contributed by atoms with Crippen molar-refractivity contribution in [1.29, 1.82) is 0 Å². The smallest absolute Gasteiger partial charge is 0.251 e. The molecule has 0 aliphatic carbocycles. The second-order valence-corrected chi connectivity index (χ2v) is 3.56. The van der Waals surface area contributed by atoms with Gasteiger partial charge in [-0.25, -0.2) is 0 Å². The van der Waals surface area contributed by atoms with Crippen molar-refractivity contribution in [2.75, 3.05) is 12.0 Å². The van der Waals surface area contributed by atoms with Crippen LogP contribution in [0.4, 0.5) is 5.69 Å². The van der Waals surface area contributed by atoms with Crippen molar-refractivity contribution in [1.82, 2.24) is 15.5 Å². The molecular formula is C11H13N5O2. The molecule has 0 saturated heterocycles. The molecular weight excluding hydrogens is 234 g/mol. The molecule has 0 bridgehead atoms. The molecule has 94 valence electrons. The van der Waals surface area contributed by atoms with Gasteiger partial charge in [-0.2, -0.15) is 4.98 Å². The van der Waals surface area contributed by atoms with E-state index in [0.717, 1.165) is 5.69 Å². The molecule has 0 radical (unpaired) electrons. The highest BCUT2D eigenvalue weighted by Crippen LogP contribution is 2.07. The lowest BCUT2D eigenvalue weighted by atomic mass is 10.2. The summed E-state index contributed by atoms with van der Waals surface area (Å²) in [5, 5.41) is 6.24. The predicted octanol–water partition coefficient (Wildman–Crippen LogP) is 0.328. The van der Waals surface area contributed by atoms with E-state index in [1.807, 2.05) is 0 Å². The lowest BCUT2D eigenvalue weighted by Gasteiger charge is -2.04. The summed E-state index contributed by atoms with van der Waals surface area (Å²) in [5.74, 6) is 5.58. The average Bonchev–Trinajstić information content (AvgIpc) is 2.92. The molecule has 0 saturated carbocycles. The van der Waals surface area contributed by atoms with E-state index in [4.69, 9.17) is 10.4 Å². The number of carbonyl (C=O) groups excluding carboxylic acids is 1. The predicted molar refractivity (Wildman–Crippen MR) is 64.6 cm³/mol. The number of nitrogens with two attached hydrogens (primary N) is 1. The van der Waals surface area contributed by atoms with Crippen molar-refractivity contribution in [2.45, 2.75) is 6.42 Å². The Balaban J connectivity index is 1.83. The first-order chi connectivity index (χ1) is 8.79. The maximum atomic E-state index is 11.7. The maximum absolute atomic E-state index is 11.7. The fraction of sp³-hybridized carbons (Fsp3) is 0.182. The molecule has 7 heteroatoms. The lowest BCUT2D eigenvalue weighted by Crippen LogP contribution is -2.25. The molecule has 7 nitrogen and oxygen atoms in total. The Morgan fingerprint density at radius 3 is 2.72 bits per heavy atom. The van der Waals surface area contributed by atoms with Gasteiger partial charge in [-0.05, 0) is 24.3 Å². The Labute approximate surface area is 103 Å². The van der Waals surface area contributed by atoms with Gasteiger partial charge in [0.1, 0.15) is 0 Å². The Morgan fingerprint density at radius 1 is 1.33 bits per heavy atom. The highest BCUT2D eigenvalue weighted by atomic mass is 16.5. The van der Waals surface area contributed by atoms with Crippen LogP contribution in [0.1, 0.15) is 16.2 Å². The SMILES string of the molecule is NNc1ccc(C(=O)NCCc2ncno2)cc1. The number of nitrogen functional groups attached to an aromatic ring is 1. The summed E-state index contributed by atoms with van der Waals surface area (Å²) < 4.78 is 4.82. The van der Waals surface area contributed by atoms with Gasteiger partial charge in [0.2, 0.25) is 5.89 Å². The van der Waals surface area contributed by atoms with Crippen molar-refractivity contribution in [2.24, 2.45) is 5.84 Å². The summed E-state index contributed by atoms with van der Waals surface area (Å²) in [6.45, 7) is 0.442. The van der Waals surface area contributed by atoms with Gasteiger partial charge in [0.15, 0.2) is 6.33 Å². The number of nitrogens with one attached hydrogen (secondary N) is 2. The van der Waals surface area contributed by atoms with Crippen molar-refractivity contribution < 1.29 is 9.32 Å². The van der Waals surface area contributed by atoms with Crippen molar-refractivity contribution in [3.63, 3.8) is 0 Å². The molecule has 0 aliphatic heterocycles. The minimum absolute atomic E-state index is 0.155. The molecule has 4 N–H and O–H groups in total. The number of hydrogen-bond donors (Lipinski definition) is 3. The molecule has 0 fully saturated rings. The van der Waals surface area contributed by atoms with Gasteiger partial charge in [-0.3, -0.25) is 10.6 Å². The summed E-state index contributed by atoms with van der Waals surface area (Å²) in [4.78, 5) is 15.6. The second-order valence-electron chi connectivity index (χ2n) is 3.56. The van der Waals surface area contributed by atoms with E-state index in [9.17, 15) is 4.79 Å². The molecule has 1 aromatic carbocycles. The van der Waals surface area contributed by atoms with Crippen LogP contribution in [-0.2, 0) is 6.42 Å². The lowest BCUT2D eigenvalue weighted by molar-refractivity contribution is 0.0953. The van der Waals surface area contributed by atoms with Crippen molar-refractivity contribution in [3.05, 3.63) is 42.0 Å². The van der Waals surface area contributed by atoms with Crippen LogP contribution in [0.5, 0.6) is 0 Å². The summed E-state index contributed by atoms with van der Waals surface area (Å²) >= 11 is 0. The van der Waals surface area contributed by atoms with E-state index >= 15 is 0 Å². The van der Waals surface area contributed by atoms with Gasteiger partial charge < -0.3 is 15.3 Å². The summed E-state index contributed by atoms with van der Waals surface area (Å²) in [6.07, 6.45) is 1.84. The van der Waals surface area contributed by atoms with Crippen LogP contribution in [0.2, 0.25) is 0 Å². The third-order valence-corrected chi connectivity index (χ3v) is 2.35. The van der Waals surface area contributed by atoms with Crippen LogP contribution >= 0.6 is 0 Å². The molecule has 1 amide bonds. The molecule has 2 rings (SSSR count). The zero-order valence-electron chi connectivity index (χ0n) is 9.59. The summed E-state index contributed by atoms with van der Waals surface area (Å²) in [6, 6.07) is 6.84. The number of aromatic nitrogens is 2. The van der Waals surface area contributed by atoms with Gasteiger partial charge in [0, 0.05) is 24.2 Å². The Kier molecular flexibility index (Phi) is 3.87. The van der Waals surface area contributed by atoms with Crippen molar-refractivity contribution in [3.8, 4) is 0 Å². The van der Waals surface area contributed by atoms with Crippen LogP contribution in [0, 0.1) is 0 Å². The van der Waals surface area contributed by atoms with E-state index in [1.54, 1.807) is 24.3 Å². The molecule has 0 unspecified atom stereocenters. The number of anilines is 1. The Hall–Kier alpha value is -2.41. The fourth-order valence-corrected chi connectivity index (χ4v) is 1.41. The normalized spacial score (nSPS) is 10.1. The minimum atomic E-state index is -0.155. The quantitative estimate of drug-likeness (QED) is 0.519. The number of rotatable bonds is 5. The molecule has 1 heterocycles. The zero-order valence-corrected chi connectivity index (χ0v) is 9.59. The first-order valence-corrected chi connectivity index (χ1v) is 5.40. The monoisotopic (exact) mass is 247 g/mol. The van der Waals surface area contributed by atoms with E-state index in [1.165, 1.54) is 6.33 Å². The number of carbonyl (C=O) groups is 1. The van der Waals surface area contributed by atoms with Gasteiger partial charge in [-0.15, -0.1) is 0 Å². The largest absolute Gasteiger partial charge is 0.352 e. The summed E-state index contributed by atoms with van der Waals surface area (Å²) in [5.41, 5.74) is 3.81. The number of hydrazine groups is 1. The van der Waals surface area contributed by atoms with Gasteiger partial charge in [0.05, 0.1) is 0 Å². The minimum Gasteiger partial charge on any atom is -0.352 e. The first-order valence-electron chi connectivity index (χ1n) is 5.40. The molecule has 1 aromatic heterocycles. The number of nitrogens with zero attached hydrogens (tertiary/aromatic N) is 2. The van der Waals surface area contributed by atoms with Crippen LogP contribution in [0.15, 0.2) is 35.1 Å². The number of hydrogen-bond acceptors (Lipinski definition) is 6. The second kappa shape index (κ2) is 5.78. The topological polar surface area (TPSA) is 106 Å². The maximum Gasteiger partial charge on any atom is 0.251 e. The number of benzene rings is 1. The van der Waals surface area contributed by atoms with Crippen LogP contribution in [-0.4, -0.2) is 22.6 Å². The first kappa shape index (κ1) is 12.1. The van der Waals surface area contributed by atoms with E-state index in [0.29, 0.717) is 24.4 Å². The molecule has 0 atom stereocenters. The van der Waals surface area contributed by atoms with Gasteiger partial charge in [-0.1, -0.05) is 5.16 Å². The average molecular weight is 247 g/mol. The highest BCUT2D eigenvalue weighted by molar-refractivity contribution is 5.94. The van der Waals surface area contributed by atoms with Gasteiger partial charge in [0.25, 0.3) is 5.91 Å². The fourth-order valence-electron chi connectivity index (χ4n) is 1.41. The third-order valence-electron chi connectivity index (χ3n) is 2.35. The molecule has 18 heavy (non-hydrogen) atoms. The third kappa shape index (κ3) is 3.05. The Bertz CT molecular complexity index is 495. The molecule has 2 aromatic rings. The Morgan fingerprint density at radius 2 is 2.11 bits per heavy atom. The number of amides is 1. The zero-order chi connectivity index (χ0) is 12.8. The van der Waals surface area contributed by atoms with E-state index in [-0.39, 0.29) is 5.91 Å².